The number of benzene rings is 2. The molecule has 0 atom stereocenters. The van der Waals surface area contributed by atoms with E-state index >= 15 is 0 Å². The van der Waals surface area contributed by atoms with Crippen molar-refractivity contribution >= 4 is 17.2 Å². The summed E-state index contributed by atoms with van der Waals surface area (Å²) >= 11 is 1.67. The molecule has 2 heterocycles. The van der Waals surface area contributed by atoms with E-state index in [4.69, 9.17) is 9.47 Å². The Labute approximate surface area is 187 Å². The van der Waals surface area contributed by atoms with Crippen LogP contribution in [0, 0.1) is 0 Å². The van der Waals surface area contributed by atoms with Crippen molar-refractivity contribution in [3.63, 3.8) is 0 Å². The number of amides is 1. The smallest absolute Gasteiger partial charge is 0.254 e. The number of methoxy groups -OCH3 is 1. The van der Waals surface area contributed by atoms with Gasteiger partial charge in [-0.25, -0.2) is 0 Å². The van der Waals surface area contributed by atoms with Crippen LogP contribution < -0.4 is 9.47 Å². The van der Waals surface area contributed by atoms with Crippen molar-refractivity contribution in [2.75, 3.05) is 33.3 Å². The third-order valence-corrected chi connectivity index (χ3v) is 6.33. The Morgan fingerprint density at radius 1 is 0.968 bits per heavy atom. The molecule has 162 valence electrons. The van der Waals surface area contributed by atoms with E-state index in [9.17, 15) is 4.79 Å². The van der Waals surface area contributed by atoms with Crippen LogP contribution in [0.3, 0.4) is 0 Å². The molecular weight excluding hydrogens is 408 g/mol. The first-order valence-electron chi connectivity index (χ1n) is 10.6. The predicted molar refractivity (Wildman–Crippen MR) is 124 cm³/mol. The number of carbonyl (C=O) groups excluding carboxylic acids is 1. The zero-order valence-corrected chi connectivity index (χ0v) is 18.6. The summed E-state index contributed by atoms with van der Waals surface area (Å²) in [6.45, 7) is 4.77. The van der Waals surface area contributed by atoms with Crippen LogP contribution >= 0.6 is 11.3 Å². The SMILES string of the molecule is COc1ccc(CN2CCCN(C(=O)c3cccc(OCc4cccs4)c3)CC2)cc1. The van der Waals surface area contributed by atoms with Gasteiger partial charge < -0.3 is 14.4 Å². The van der Waals surface area contributed by atoms with Gasteiger partial charge in [0.2, 0.25) is 0 Å². The molecule has 1 saturated heterocycles. The number of rotatable bonds is 7. The van der Waals surface area contributed by atoms with Crippen molar-refractivity contribution in [2.24, 2.45) is 0 Å². The number of thiophene rings is 1. The summed E-state index contributed by atoms with van der Waals surface area (Å²) in [6.07, 6.45) is 0.969. The zero-order chi connectivity index (χ0) is 21.5. The van der Waals surface area contributed by atoms with E-state index in [-0.39, 0.29) is 5.91 Å². The van der Waals surface area contributed by atoms with Gasteiger partial charge >= 0.3 is 0 Å². The monoisotopic (exact) mass is 436 g/mol. The fourth-order valence-electron chi connectivity index (χ4n) is 3.77. The summed E-state index contributed by atoms with van der Waals surface area (Å²) in [5.74, 6) is 1.68. The molecule has 1 fully saturated rings. The van der Waals surface area contributed by atoms with Crippen LogP contribution in [0.15, 0.2) is 66.0 Å². The van der Waals surface area contributed by atoms with Crippen LogP contribution in [0.25, 0.3) is 0 Å². The summed E-state index contributed by atoms with van der Waals surface area (Å²) in [5.41, 5.74) is 1.95. The fraction of sp³-hybridized carbons (Fsp3) is 0.320. The van der Waals surface area contributed by atoms with Gasteiger partial charge in [0.15, 0.2) is 0 Å². The van der Waals surface area contributed by atoms with Gasteiger partial charge in [-0.3, -0.25) is 9.69 Å². The Morgan fingerprint density at radius 2 is 1.84 bits per heavy atom. The summed E-state index contributed by atoms with van der Waals surface area (Å²) in [6, 6.07) is 19.8. The van der Waals surface area contributed by atoms with E-state index in [2.05, 4.69) is 23.1 Å². The molecule has 0 saturated carbocycles. The normalized spacial score (nSPS) is 14.8. The second-order valence-electron chi connectivity index (χ2n) is 7.67. The topological polar surface area (TPSA) is 42.0 Å². The van der Waals surface area contributed by atoms with E-state index in [0.717, 1.165) is 50.6 Å². The highest BCUT2D eigenvalue weighted by Crippen LogP contribution is 2.19. The molecule has 1 amide bonds. The van der Waals surface area contributed by atoms with E-state index < -0.39 is 0 Å². The largest absolute Gasteiger partial charge is 0.497 e. The van der Waals surface area contributed by atoms with Gasteiger partial charge in [-0.1, -0.05) is 24.3 Å². The Kier molecular flexibility index (Phi) is 7.22. The molecule has 31 heavy (non-hydrogen) atoms. The Balaban J connectivity index is 1.33. The van der Waals surface area contributed by atoms with E-state index in [1.54, 1.807) is 18.4 Å². The average Bonchev–Trinajstić information content (AvgIpc) is 3.23. The van der Waals surface area contributed by atoms with Gasteiger partial charge in [0.05, 0.1) is 7.11 Å². The highest BCUT2D eigenvalue weighted by molar-refractivity contribution is 7.09. The number of hydrogen-bond donors (Lipinski definition) is 0. The first-order valence-corrected chi connectivity index (χ1v) is 11.5. The number of carbonyl (C=O) groups is 1. The van der Waals surface area contributed by atoms with Gasteiger partial charge in [-0.15, -0.1) is 11.3 Å². The highest BCUT2D eigenvalue weighted by Gasteiger charge is 2.21. The molecule has 5 nitrogen and oxygen atoms in total. The summed E-state index contributed by atoms with van der Waals surface area (Å²) in [4.78, 5) is 18.7. The minimum atomic E-state index is 0.0767. The van der Waals surface area contributed by atoms with E-state index in [1.165, 1.54) is 10.4 Å². The quantitative estimate of drug-likeness (QED) is 0.539. The van der Waals surface area contributed by atoms with Crippen LogP contribution in [-0.2, 0) is 13.2 Å². The molecule has 0 unspecified atom stereocenters. The lowest BCUT2D eigenvalue weighted by Crippen LogP contribution is -2.35. The zero-order valence-electron chi connectivity index (χ0n) is 17.8. The van der Waals surface area contributed by atoms with Crippen LogP contribution in [0.5, 0.6) is 11.5 Å². The standard InChI is InChI=1S/C25H28N2O3S/c1-29-22-10-8-20(9-11-22)18-26-12-4-13-27(15-14-26)25(28)21-5-2-6-23(17-21)30-19-24-7-3-16-31-24/h2-3,5-11,16-17H,4,12-15,18-19H2,1H3. The number of hydrogen-bond acceptors (Lipinski definition) is 5. The van der Waals surface area contributed by atoms with Crippen molar-refractivity contribution in [1.29, 1.82) is 0 Å². The molecule has 0 radical (unpaired) electrons. The van der Waals surface area contributed by atoms with Crippen molar-refractivity contribution in [3.05, 3.63) is 82.0 Å². The lowest BCUT2D eigenvalue weighted by atomic mass is 10.2. The maximum absolute atomic E-state index is 13.1. The van der Waals surface area contributed by atoms with Crippen molar-refractivity contribution in [3.8, 4) is 11.5 Å². The molecule has 1 aromatic heterocycles. The van der Waals surface area contributed by atoms with Crippen LogP contribution in [0.1, 0.15) is 27.2 Å². The molecule has 1 aliphatic heterocycles. The minimum Gasteiger partial charge on any atom is -0.497 e. The Bertz CT molecular complexity index is 973. The second kappa shape index (κ2) is 10.5. The van der Waals surface area contributed by atoms with Gasteiger partial charge in [-0.2, -0.15) is 0 Å². The Hall–Kier alpha value is -2.83. The Morgan fingerprint density at radius 3 is 2.61 bits per heavy atom. The molecule has 2 aromatic carbocycles. The van der Waals surface area contributed by atoms with E-state index in [1.807, 2.05) is 52.7 Å². The third kappa shape index (κ3) is 5.87. The third-order valence-electron chi connectivity index (χ3n) is 5.48. The summed E-state index contributed by atoms with van der Waals surface area (Å²) in [5, 5.41) is 2.04. The first kappa shape index (κ1) is 21.4. The predicted octanol–water partition coefficient (Wildman–Crippen LogP) is 4.68. The van der Waals surface area contributed by atoms with Crippen LogP contribution in [0.2, 0.25) is 0 Å². The molecule has 0 bridgehead atoms. The van der Waals surface area contributed by atoms with Gasteiger partial charge in [0.25, 0.3) is 5.91 Å². The van der Waals surface area contributed by atoms with E-state index in [0.29, 0.717) is 12.2 Å². The lowest BCUT2D eigenvalue weighted by molar-refractivity contribution is 0.0760. The molecule has 6 heteroatoms. The maximum atomic E-state index is 13.1. The molecule has 0 aliphatic carbocycles. The molecule has 1 aliphatic rings. The minimum absolute atomic E-state index is 0.0767. The van der Waals surface area contributed by atoms with Crippen LogP contribution in [-0.4, -0.2) is 49.0 Å². The van der Waals surface area contributed by atoms with Crippen molar-refractivity contribution in [1.82, 2.24) is 9.80 Å². The van der Waals surface area contributed by atoms with Gasteiger partial charge in [0.1, 0.15) is 18.1 Å². The highest BCUT2D eigenvalue weighted by atomic mass is 32.1. The van der Waals surface area contributed by atoms with Crippen molar-refractivity contribution < 1.29 is 14.3 Å². The van der Waals surface area contributed by atoms with Crippen molar-refractivity contribution in [2.45, 2.75) is 19.6 Å². The summed E-state index contributed by atoms with van der Waals surface area (Å²) < 4.78 is 11.1. The molecule has 0 N–H and O–H groups in total. The number of nitrogens with zero attached hydrogens (tertiary/aromatic N) is 2. The molecular formula is C25H28N2O3S. The first-order chi connectivity index (χ1) is 15.2. The van der Waals surface area contributed by atoms with Gasteiger partial charge in [-0.05, 0) is 53.8 Å². The lowest BCUT2D eigenvalue weighted by Gasteiger charge is -2.22. The maximum Gasteiger partial charge on any atom is 0.254 e. The molecule has 0 spiro atoms. The van der Waals surface area contributed by atoms with Crippen LogP contribution in [0.4, 0.5) is 0 Å². The van der Waals surface area contributed by atoms with Gasteiger partial charge in [0, 0.05) is 43.2 Å². The number of ether oxygens (including phenoxy) is 2. The average molecular weight is 437 g/mol. The molecule has 3 aromatic rings. The summed E-state index contributed by atoms with van der Waals surface area (Å²) in [7, 11) is 1.68. The second-order valence-corrected chi connectivity index (χ2v) is 8.70. The molecule has 4 rings (SSSR count). The fourth-order valence-corrected chi connectivity index (χ4v) is 4.39.